The van der Waals surface area contributed by atoms with Crippen molar-refractivity contribution in [3.8, 4) is 0 Å². The van der Waals surface area contributed by atoms with Gasteiger partial charge < -0.3 is 10.6 Å². The van der Waals surface area contributed by atoms with E-state index in [1.54, 1.807) is 0 Å². The quantitative estimate of drug-likeness (QED) is 0.782. The molecule has 1 aliphatic heterocycles. The standard InChI is InChI=1S/C14H24F3N3O/c15-14(16,17)12(20-8-6-18-7-9-20)10-19-13(21)5-4-11-2-1-3-11/h11-12,18H,1-10H2,(H,19,21). The van der Waals surface area contributed by atoms with Gasteiger partial charge in [0.1, 0.15) is 6.04 Å². The SMILES string of the molecule is O=C(CCC1CCC1)NCC(N1CCNCC1)C(F)(F)F. The predicted octanol–water partition coefficient (Wildman–Crippen LogP) is 1.52. The molecular weight excluding hydrogens is 283 g/mol. The number of alkyl halides is 3. The van der Waals surface area contributed by atoms with Gasteiger partial charge in [-0.2, -0.15) is 13.2 Å². The van der Waals surface area contributed by atoms with E-state index in [2.05, 4.69) is 10.6 Å². The second-order valence-corrected chi connectivity index (χ2v) is 5.98. The molecule has 0 radical (unpaired) electrons. The zero-order valence-electron chi connectivity index (χ0n) is 12.2. The van der Waals surface area contributed by atoms with Gasteiger partial charge in [0.05, 0.1) is 0 Å². The summed E-state index contributed by atoms with van der Waals surface area (Å²) in [6, 6.07) is -1.58. The third kappa shape index (κ3) is 5.14. The van der Waals surface area contributed by atoms with Crippen LogP contribution in [0.3, 0.4) is 0 Å². The van der Waals surface area contributed by atoms with E-state index in [-0.39, 0.29) is 12.5 Å². The molecular formula is C14H24F3N3O. The first-order chi connectivity index (χ1) is 9.97. The van der Waals surface area contributed by atoms with Crippen molar-refractivity contribution < 1.29 is 18.0 Å². The van der Waals surface area contributed by atoms with E-state index in [0.717, 1.165) is 19.3 Å². The Labute approximate surface area is 123 Å². The zero-order chi connectivity index (χ0) is 15.3. The molecule has 4 nitrogen and oxygen atoms in total. The van der Waals surface area contributed by atoms with Crippen LogP contribution in [-0.4, -0.2) is 55.7 Å². The van der Waals surface area contributed by atoms with Crippen LogP contribution in [0.25, 0.3) is 0 Å². The molecule has 2 N–H and O–H groups in total. The van der Waals surface area contributed by atoms with Gasteiger partial charge in [0.15, 0.2) is 0 Å². The molecule has 21 heavy (non-hydrogen) atoms. The van der Waals surface area contributed by atoms with Crippen molar-refractivity contribution in [1.82, 2.24) is 15.5 Å². The van der Waals surface area contributed by atoms with Crippen LogP contribution in [0.4, 0.5) is 13.2 Å². The average Bonchev–Trinajstić information content (AvgIpc) is 2.37. The molecule has 0 aromatic rings. The smallest absolute Gasteiger partial charge is 0.354 e. The van der Waals surface area contributed by atoms with Crippen LogP contribution in [-0.2, 0) is 4.79 Å². The van der Waals surface area contributed by atoms with Gasteiger partial charge in [-0.15, -0.1) is 0 Å². The van der Waals surface area contributed by atoms with Crippen LogP contribution in [0.15, 0.2) is 0 Å². The van der Waals surface area contributed by atoms with Gasteiger partial charge in [0, 0.05) is 39.1 Å². The Balaban J connectivity index is 1.76. The van der Waals surface area contributed by atoms with Crippen LogP contribution < -0.4 is 10.6 Å². The average molecular weight is 307 g/mol. The Hall–Kier alpha value is -0.820. The maximum Gasteiger partial charge on any atom is 0.405 e. The Bertz CT molecular complexity index is 339. The number of rotatable bonds is 6. The minimum atomic E-state index is -4.31. The molecule has 0 spiro atoms. The van der Waals surface area contributed by atoms with E-state index in [1.807, 2.05) is 0 Å². The second kappa shape index (κ2) is 7.45. The minimum absolute atomic E-state index is 0.258. The molecule has 1 saturated carbocycles. The molecule has 7 heteroatoms. The van der Waals surface area contributed by atoms with Crippen LogP contribution in [0, 0.1) is 5.92 Å². The molecule has 0 bridgehead atoms. The first-order valence-electron chi connectivity index (χ1n) is 7.75. The zero-order valence-corrected chi connectivity index (χ0v) is 12.2. The molecule has 1 unspecified atom stereocenters. The molecule has 2 rings (SSSR count). The lowest BCUT2D eigenvalue weighted by atomic mass is 9.82. The highest BCUT2D eigenvalue weighted by atomic mass is 19.4. The lowest BCUT2D eigenvalue weighted by Gasteiger charge is -2.36. The summed E-state index contributed by atoms with van der Waals surface area (Å²) >= 11 is 0. The summed E-state index contributed by atoms with van der Waals surface area (Å²) in [6.07, 6.45) is 0.357. The molecule has 2 fully saturated rings. The van der Waals surface area contributed by atoms with Crippen molar-refractivity contribution >= 4 is 5.91 Å². The maximum atomic E-state index is 13.1. The van der Waals surface area contributed by atoms with E-state index >= 15 is 0 Å². The molecule has 1 atom stereocenters. The number of hydrogen-bond acceptors (Lipinski definition) is 3. The normalized spacial score (nSPS) is 22.6. The van der Waals surface area contributed by atoms with Crippen molar-refractivity contribution in [2.75, 3.05) is 32.7 Å². The maximum absolute atomic E-state index is 13.1. The number of piperazine rings is 1. The van der Waals surface area contributed by atoms with Crippen LogP contribution in [0.5, 0.6) is 0 Å². The van der Waals surface area contributed by atoms with Gasteiger partial charge in [-0.05, 0) is 12.3 Å². The highest BCUT2D eigenvalue weighted by Crippen LogP contribution is 2.30. The highest BCUT2D eigenvalue weighted by molar-refractivity contribution is 5.75. The molecule has 2 aliphatic rings. The summed E-state index contributed by atoms with van der Waals surface area (Å²) in [4.78, 5) is 13.1. The predicted molar refractivity (Wildman–Crippen MR) is 73.9 cm³/mol. The fourth-order valence-electron chi connectivity index (χ4n) is 2.86. The Kier molecular flexibility index (Phi) is 5.87. The summed E-state index contributed by atoms with van der Waals surface area (Å²) in [5.74, 6) is 0.341. The number of carbonyl (C=O) groups excluding carboxylic acids is 1. The third-order valence-corrected chi connectivity index (χ3v) is 4.47. The number of nitrogens with zero attached hydrogens (tertiary/aromatic N) is 1. The van der Waals surface area contributed by atoms with Crippen LogP contribution in [0.1, 0.15) is 32.1 Å². The Morgan fingerprint density at radius 2 is 1.95 bits per heavy atom. The summed E-state index contributed by atoms with van der Waals surface area (Å²) in [7, 11) is 0. The van der Waals surface area contributed by atoms with Crippen LogP contribution in [0.2, 0.25) is 0 Å². The minimum Gasteiger partial charge on any atom is -0.354 e. The van der Waals surface area contributed by atoms with E-state index in [0.29, 0.717) is 38.5 Å². The summed E-state index contributed by atoms with van der Waals surface area (Å²) in [6.45, 7) is 1.50. The number of carbonyl (C=O) groups is 1. The third-order valence-electron chi connectivity index (χ3n) is 4.47. The van der Waals surface area contributed by atoms with E-state index in [1.165, 1.54) is 11.3 Å². The van der Waals surface area contributed by atoms with E-state index in [4.69, 9.17) is 0 Å². The topological polar surface area (TPSA) is 44.4 Å². The van der Waals surface area contributed by atoms with Crippen LogP contribution >= 0.6 is 0 Å². The summed E-state index contributed by atoms with van der Waals surface area (Å²) < 4.78 is 39.4. The molecule has 1 heterocycles. The fraction of sp³-hybridized carbons (Fsp3) is 0.929. The lowest BCUT2D eigenvalue weighted by molar-refractivity contribution is -0.184. The van der Waals surface area contributed by atoms with Gasteiger partial charge in [-0.3, -0.25) is 9.69 Å². The van der Waals surface area contributed by atoms with Gasteiger partial charge in [0.2, 0.25) is 5.91 Å². The first kappa shape index (κ1) is 16.5. The molecule has 1 saturated heterocycles. The van der Waals surface area contributed by atoms with Gasteiger partial charge in [-0.1, -0.05) is 19.3 Å². The largest absolute Gasteiger partial charge is 0.405 e. The monoisotopic (exact) mass is 307 g/mol. The number of nitrogens with one attached hydrogen (secondary N) is 2. The second-order valence-electron chi connectivity index (χ2n) is 5.98. The van der Waals surface area contributed by atoms with Crippen molar-refractivity contribution in [3.63, 3.8) is 0 Å². The number of hydrogen-bond donors (Lipinski definition) is 2. The fourth-order valence-corrected chi connectivity index (χ4v) is 2.86. The Morgan fingerprint density at radius 1 is 1.29 bits per heavy atom. The first-order valence-corrected chi connectivity index (χ1v) is 7.75. The molecule has 122 valence electrons. The van der Waals surface area contributed by atoms with Crippen molar-refractivity contribution in [2.45, 2.75) is 44.3 Å². The van der Waals surface area contributed by atoms with E-state index in [9.17, 15) is 18.0 Å². The molecule has 0 aromatic heterocycles. The van der Waals surface area contributed by atoms with E-state index < -0.39 is 12.2 Å². The van der Waals surface area contributed by atoms with Gasteiger partial charge in [0.25, 0.3) is 0 Å². The van der Waals surface area contributed by atoms with Crippen molar-refractivity contribution in [3.05, 3.63) is 0 Å². The van der Waals surface area contributed by atoms with Gasteiger partial charge in [-0.25, -0.2) is 0 Å². The molecule has 1 aliphatic carbocycles. The van der Waals surface area contributed by atoms with Crippen molar-refractivity contribution in [2.24, 2.45) is 5.92 Å². The lowest BCUT2D eigenvalue weighted by Crippen LogP contribution is -2.57. The molecule has 0 aromatic carbocycles. The van der Waals surface area contributed by atoms with Gasteiger partial charge >= 0.3 is 6.18 Å². The number of amides is 1. The Morgan fingerprint density at radius 3 is 2.48 bits per heavy atom. The highest BCUT2D eigenvalue weighted by Gasteiger charge is 2.43. The summed E-state index contributed by atoms with van der Waals surface area (Å²) in [5, 5.41) is 5.50. The summed E-state index contributed by atoms with van der Waals surface area (Å²) in [5.41, 5.74) is 0. The molecule has 1 amide bonds. The number of halogens is 3. The van der Waals surface area contributed by atoms with Crippen molar-refractivity contribution in [1.29, 1.82) is 0 Å².